The summed E-state index contributed by atoms with van der Waals surface area (Å²) >= 11 is 0. The molecule has 1 aliphatic carbocycles. The summed E-state index contributed by atoms with van der Waals surface area (Å²) < 4.78 is 6.75. The molecule has 0 saturated carbocycles. The first-order chi connectivity index (χ1) is 11.7. The van der Waals surface area contributed by atoms with Gasteiger partial charge in [0.05, 0.1) is 25.7 Å². The van der Waals surface area contributed by atoms with E-state index in [0.29, 0.717) is 5.69 Å². The van der Waals surface area contributed by atoms with E-state index >= 15 is 0 Å². The predicted molar refractivity (Wildman–Crippen MR) is 92.9 cm³/mol. The second-order valence-corrected chi connectivity index (χ2v) is 6.08. The lowest BCUT2D eigenvalue weighted by atomic mass is 9.81. The SMILES string of the molecule is C=C1CC(NCCC)c2ccccc2C1n1cncc1C(=O)OC. The molecule has 3 rings (SSSR count). The number of carbonyl (C=O) groups excluding carboxylic acids is 1. The Morgan fingerprint density at radius 1 is 1.42 bits per heavy atom. The Labute approximate surface area is 142 Å². The third-order valence-corrected chi connectivity index (χ3v) is 4.50. The first kappa shape index (κ1) is 16.5. The van der Waals surface area contributed by atoms with Gasteiger partial charge in [0.1, 0.15) is 5.69 Å². The van der Waals surface area contributed by atoms with E-state index in [1.165, 1.54) is 12.7 Å². The van der Waals surface area contributed by atoms with Gasteiger partial charge in [-0.2, -0.15) is 0 Å². The highest BCUT2D eigenvalue weighted by Crippen LogP contribution is 2.41. The second kappa shape index (κ2) is 7.01. The quantitative estimate of drug-likeness (QED) is 0.677. The Morgan fingerprint density at radius 3 is 2.88 bits per heavy atom. The Balaban J connectivity index is 2.04. The zero-order chi connectivity index (χ0) is 17.1. The number of hydrogen-bond acceptors (Lipinski definition) is 4. The molecule has 1 aromatic heterocycles. The number of ether oxygens (including phenoxy) is 1. The van der Waals surface area contributed by atoms with Gasteiger partial charge in [-0.3, -0.25) is 0 Å². The number of fused-ring (bicyclic) bond motifs is 1. The number of carbonyl (C=O) groups is 1. The Kier molecular flexibility index (Phi) is 4.81. The van der Waals surface area contributed by atoms with Crippen molar-refractivity contribution in [2.45, 2.75) is 31.8 Å². The number of methoxy groups -OCH3 is 1. The maximum Gasteiger partial charge on any atom is 0.356 e. The van der Waals surface area contributed by atoms with Crippen molar-refractivity contribution in [3.63, 3.8) is 0 Å². The molecule has 2 aromatic rings. The average Bonchev–Trinajstić information content (AvgIpc) is 3.08. The summed E-state index contributed by atoms with van der Waals surface area (Å²) in [4.78, 5) is 16.2. The van der Waals surface area contributed by atoms with E-state index < -0.39 is 0 Å². The molecule has 0 aliphatic heterocycles. The number of nitrogens with zero attached hydrogens (tertiary/aromatic N) is 2. The number of aromatic nitrogens is 2. The fourth-order valence-corrected chi connectivity index (χ4v) is 3.40. The first-order valence-corrected chi connectivity index (χ1v) is 8.27. The highest BCUT2D eigenvalue weighted by Gasteiger charge is 2.32. The minimum atomic E-state index is -0.385. The number of benzene rings is 1. The van der Waals surface area contributed by atoms with Crippen molar-refractivity contribution >= 4 is 5.97 Å². The van der Waals surface area contributed by atoms with E-state index in [2.05, 4.69) is 42.0 Å². The van der Waals surface area contributed by atoms with Gasteiger partial charge < -0.3 is 14.6 Å². The minimum Gasteiger partial charge on any atom is -0.464 e. The molecule has 5 heteroatoms. The summed E-state index contributed by atoms with van der Waals surface area (Å²) in [5.74, 6) is -0.385. The van der Waals surface area contributed by atoms with Gasteiger partial charge in [-0.1, -0.05) is 37.8 Å². The standard InChI is InChI=1S/C19H23N3O2/c1-4-9-21-16-10-13(2)18(15-8-6-5-7-14(15)16)22-12-20-11-17(22)19(23)24-3/h5-8,11-12,16,18,21H,2,4,9-10H2,1,3H3. The van der Waals surface area contributed by atoms with Crippen molar-refractivity contribution < 1.29 is 9.53 Å². The summed E-state index contributed by atoms with van der Waals surface area (Å²) in [6.45, 7) is 7.42. The number of nitrogens with one attached hydrogen (secondary N) is 1. The molecule has 1 aliphatic rings. The van der Waals surface area contributed by atoms with Crippen LogP contribution in [0.4, 0.5) is 0 Å². The lowest BCUT2D eigenvalue weighted by molar-refractivity contribution is 0.0587. The highest BCUT2D eigenvalue weighted by atomic mass is 16.5. The van der Waals surface area contributed by atoms with Crippen LogP contribution in [0.15, 0.2) is 48.9 Å². The van der Waals surface area contributed by atoms with Gasteiger partial charge in [-0.15, -0.1) is 0 Å². The van der Waals surface area contributed by atoms with Crippen LogP contribution in [0.25, 0.3) is 0 Å². The fraction of sp³-hybridized carbons (Fsp3) is 0.368. The van der Waals surface area contributed by atoms with Crippen molar-refractivity contribution in [1.29, 1.82) is 0 Å². The Morgan fingerprint density at radius 2 is 2.17 bits per heavy atom. The molecule has 5 nitrogen and oxygen atoms in total. The molecule has 2 unspecified atom stereocenters. The van der Waals surface area contributed by atoms with Crippen LogP contribution in [0.3, 0.4) is 0 Å². The molecule has 24 heavy (non-hydrogen) atoms. The van der Waals surface area contributed by atoms with Gasteiger partial charge in [-0.25, -0.2) is 9.78 Å². The van der Waals surface area contributed by atoms with E-state index in [1.54, 1.807) is 12.5 Å². The summed E-state index contributed by atoms with van der Waals surface area (Å²) in [5, 5.41) is 3.59. The maximum absolute atomic E-state index is 12.0. The van der Waals surface area contributed by atoms with Gasteiger partial charge in [-0.05, 0) is 36.1 Å². The monoisotopic (exact) mass is 325 g/mol. The van der Waals surface area contributed by atoms with Crippen molar-refractivity contribution in [1.82, 2.24) is 14.9 Å². The van der Waals surface area contributed by atoms with Gasteiger partial charge >= 0.3 is 5.97 Å². The summed E-state index contributed by atoms with van der Waals surface area (Å²) in [6, 6.07) is 8.49. The van der Waals surface area contributed by atoms with Gasteiger partial charge in [0, 0.05) is 6.04 Å². The molecule has 2 atom stereocenters. The normalized spacial score (nSPS) is 19.8. The largest absolute Gasteiger partial charge is 0.464 e. The topological polar surface area (TPSA) is 56.2 Å². The zero-order valence-electron chi connectivity index (χ0n) is 14.2. The molecule has 0 amide bonds. The zero-order valence-corrected chi connectivity index (χ0v) is 14.2. The molecule has 1 aromatic carbocycles. The first-order valence-electron chi connectivity index (χ1n) is 8.27. The minimum absolute atomic E-state index is 0.0996. The Hall–Kier alpha value is -2.40. The molecule has 0 radical (unpaired) electrons. The number of rotatable bonds is 5. The van der Waals surface area contributed by atoms with Gasteiger partial charge in [0.2, 0.25) is 0 Å². The van der Waals surface area contributed by atoms with E-state index in [0.717, 1.165) is 30.5 Å². The third kappa shape index (κ3) is 2.87. The molecular weight excluding hydrogens is 302 g/mol. The molecule has 0 spiro atoms. The third-order valence-electron chi connectivity index (χ3n) is 4.50. The van der Waals surface area contributed by atoms with E-state index in [4.69, 9.17) is 4.74 Å². The molecule has 0 bridgehead atoms. The summed E-state index contributed by atoms with van der Waals surface area (Å²) in [6.07, 6.45) is 5.14. The molecule has 1 heterocycles. The highest BCUT2D eigenvalue weighted by molar-refractivity contribution is 5.87. The van der Waals surface area contributed by atoms with Crippen molar-refractivity contribution in [3.8, 4) is 0 Å². The molecule has 0 saturated heterocycles. The molecule has 1 N–H and O–H groups in total. The number of imidazole rings is 1. The fourth-order valence-electron chi connectivity index (χ4n) is 3.40. The Bertz CT molecular complexity index is 751. The molecule has 0 fully saturated rings. The van der Waals surface area contributed by atoms with Gasteiger partial charge in [0.25, 0.3) is 0 Å². The van der Waals surface area contributed by atoms with Crippen LogP contribution in [0, 0.1) is 0 Å². The van der Waals surface area contributed by atoms with Crippen LogP contribution < -0.4 is 5.32 Å². The van der Waals surface area contributed by atoms with Crippen LogP contribution in [0.2, 0.25) is 0 Å². The van der Waals surface area contributed by atoms with Crippen molar-refractivity contribution in [3.05, 3.63) is 65.8 Å². The van der Waals surface area contributed by atoms with Crippen molar-refractivity contribution in [2.24, 2.45) is 0 Å². The van der Waals surface area contributed by atoms with Crippen LogP contribution in [-0.2, 0) is 4.74 Å². The van der Waals surface area contributed by atoms with Crippen LogP contribution >= 0.6 is 0 Å². The molecular formula is C19H23N3O2. The predicted octanol–water partition coefficient (Wildman–Crippen LogP) is 3.26. The maximum atomic E-state index is 12.0. The lowest BCUT2D eigenvalue weighted by Crippen LogP contribution is -2.31. The summed E-state index contributed by atoms with van der Waals surface area (Å²) in [7, 11) is 1.38. The number of esters is 1. The van der Waals surface area contributed by atoms with Crippen LogP contribution in [-0.4, -0.2) is 29.2 Å². The van der Waals surface area contributed by atoms with Crippen molar-refractivity contribution in [2.75, 3.05) is 13.7 Å². The number of hydrogen-bond donors (Lipinski definition) is 1. The van der Waals surface area contributed by atoms with E-state index in [-0.39, 0.29) is 18.1 Å². The second-order valence-electron chi connectivity index (χ2n) is 6.08. The van der Waals surface area contributed by atoms with Gasteiger partial charge in [0.15, 0.2) is 0 Å². The van der Waals surface area contributed by atoms with Crippen LogP contribution in [0.1, 0.15) is 53.5 Å². The lowest BCUT2D eigenvalue weighted by Gasteiger charge is -2.35. The van der Waals surface area contributed by atoms with Crippen LogP contribution in [0.5, 0.6) is 0 Å². The average molecular weight is 325 g/mol. The van der Waals surface area contributed by atoms with E-state index in [1.807, 2.05) is 10.6 Å². The molecule has 126 valence electrons. The van der Waals surface area contributed by atoms with E-state index in [9.17, 15) is 4.79 Å². The smallest absolute Gasteiger partial charge is 0.356 e. The summed E-state index contributed by atoms with van der Waals surface area (Å²) in [5.41, 5.74) is 3.92.